The highest BCUT2D eigenvalue weighted by Gasteiger charge is 2.53. The molecule has 1 N–H and O–H groups in total. The van der Waals surface area contributed by atoms with Crippen molar-refractivity contribution >= 4 is 29.9 Å². The summed E-state index contributed by atoms with van der Waals surface area (Å²) in [6, 6.07) is 0.840. The Labute approximate surface area is 154 Å². The first-order valence-corrected chi connectivity index (χ1v) is 8.63. The van der Waals surface area contributed by atoms with Gasteiger partial charge in [-0.25, -0.2) is 0 Å². The molecule has 1 heterocycles. The van der Waals surface area contributed by atoms with Gasteiger partial charge in [0, 0.05) is 36.6 Å². The van der Waals surface area contributed by atoms with E-state index in [0.717, 1.165) is 44.7 Å². The monoisotopic (exact) mass is 422 g/mol. The van der Waals surface area contributed by atoms with Crippen molar-refractivity contribution in [1.82, 2.24) is 15.1 Å². The van der Waals surface area contributed by atoms with Crippen molar-refractivity contribution in [3.63, 3.8) is 0 Å². The Morgan fingerprint density at radius 3 is 2.27 bits per heavy atom. The van der Waals surface area contributed by atoms with E-state index in [4.69, 9.17) is 4.99 Å². The maximum atomic E-state index is 4.88. The minimum atomic E-state index is 0. The van der Waals surface area contributed by atoms with E-state index < -0.39 is 0 Å². The van der Waals surface area contributed by atoms with Gasteiger partial charge in [0.25, 0.3) is 0 Å². The van der Waals surface area contributed by atoms with Gasteiger partial charge in [-0.1, -0.05) is 20.8 Å². The molecule has 2 fully saturated rings. The third kappa shape index (κ3) is 4.08. The largest absolute Gasteiger partial charge is 0.356 e. The summed E-state index contributed by atoms with van der Waals surface area (Å²) in [5.41, 5.74) is 0.529. The SMILES string of the molecule is CCNC(=NCCN(CC)C1CC1)N1CC(C)(C)C1(C)C.I. The van der Waals surface area contributed by atoms with Gasteiger partial charge in [-0.3, -0.25) is 9.89 Å². The van der Waals surface area contributed by atoms with Crippen LogP contribution in [-0.2, 0) is 0 Å². The summed E-state index contributed by atoms with van der Waals surface area (Å²) >= 11 is 0. The number of nitrogens with one attached hydrogen (secondary N) is 1. The van der Waals surface area contributed by atoms with Crippen LogP contribution in [0, 0.1) is 5.41 Å². The smallest absolute Gasteiger partial charge is 0.194 e. The van der Waals surface area contributed by atoms with Crippen LogP contribution in [-0.4, -0.2) is 60.1 Å². The molecule has 0 radical (unpaired) electrons. The molecule has 0 spiro atoms. The van der Waals surface area contributed by atoms with E-state index in [-0.39, 0.29) is 29.5 Å². The second-order valence-electron chi connectivity index (χ2n) is 7.62. The van der Waals surface area contributed by atoms with Crippen LogP contribution in [0.4, 0.5) is 0 Å². The predicted octanol–water partition coefficient (Wildman–Crippen LogP) is 3.17. The van der Waals surface area contributed by atoms with Gasteiger partial charge in [-0.2, -0.15) is 0 Å². The van der Waals surface area contributed by atoms with Crippen molar-refractivity contribution in [2.45, 2.75) is 66.0 Å². The van der Waals surface area contributed by atoms with Crippen molar-refractivity contribution in [3.8, 4) is 0 Å². The summed E-state index contributed by atoms with van der Waals surface area (Å²) < 4.78 is 0. The lowest BCUT2D eigenvalue weighted by atomic mass is 9.65. The van der Waals surface area contributed by atoms with Crippen LogP contribution >= 0.6 is 24.0 Å². The van der Waals surface area contributed by atoms with Gasteiger partial charge in [-0.15, -0.1) is 24.0 Å². The molecule has 1 aliphatic carbocycles. The van der Waals surface area contributed by atoms with Gasteiger partial charge in [0.05, 0.1) is 6.54 Å². The highest BCUT2D eigenvalue weighted by atomic mass is 127. The van der Waals surface area contributed by atoms with Crippen LogP contribution in [0.3, 0.4) is 0 Å². The van der Waals surface area contributed by atoms with Crippen LogP contribution < -0.4 is 5.32 Å². The fraction of sp³-hybridized carbons (Fsp3) is 0.941. The van der Waals surface area contributed by atoms with Crippen LogP contribution in [0.5, 0.6) is 0 Å². The first kappa shape index (κ1) is 20.0. The molecule has 0 bridgehead atoms. The molecule has 0 aromatic carbocycles. The normalized spacial score (nSPS) is 23.0. The summed E-state index contributed by atoms with van der Waals surface area (Å²) in [6.45, 7) is 18.9. The number of rotatable bonds is 6. The Balaban J connectivity index is 0.00000242. The molecule has 4 nitrogen and oxygen atoms in total. The molecule has 22 heavy (non-hydrogen) atoms. The number of hydrogen-bond acceptors (Lipinski definition) is 2. The van der Waals surface area contributed by atoms with Crippen molar-refractivity contribution in [3.05, 3.63) is 0 Å². The first-order chi connectivity index (χ1) is 9.83. The summed E-state index contributed by atoms with van der Waals surface area (Å²) in [7, 11) is 0. The van der Waals surface area contributed by atoms with Gasteiger partial charge < -0.3 is 10.2 Å². The standard InChI is InChI=1S/C17H34N4.HI/c1-7-18-15(21-13-16(3,4)17(21,5)6)19-11-12-20(8-2)14-9-10-14;/h14H,7-13H2,1-6H3,(H,18,19);1H. The molecule has 0 unspecified atom stereocenters. The third-order valence-electron chi connectivity index (χ3n) is 5.59. The van der Waals surface area contributed by atoms with E-state index >= 15 is 0 Å². The molecule has 0 amide bonds. The highest BCUT2D eigenvalue weighted by Crippen LogP contribution is 2.46. The van der Waals surface area contributed by atoms with Gasteiger partial charge in [-0.05, 0) is 40.2 Å². The quantitative estimate of drug-likeness (QED) is 0.405. The highest BCUT2D eigenvalue weighted by molar-refractivity contribution is 14.0. The van der Waals surface area contributed by atoms with E-state index in [2.05, 4.69) is 56.7 Å². The topological polar surface area (TPSA) is 30.9 Å². The zero-order valence-electron chi connectivity index (χ0n) is 15.3. The van der Waals surface area contributed by atoms with Crippen molar-refractivity contribution in [2.75, 3.05) is 32.7 Å². The average molecular weight is 422 g/mol. The molecular weight excluding hydrogens is 387 g/mol. The molecule has 130 valence electrons. The Kier molecular flexibility index (Phi) is 6.99. The lowest BCUT2D eigenvalue weighted by Gasteiger charge is -2.62. The van der Waals surface area contributed by atoms with Crippen LogP contribution in [0.15, 0.2) is 4.99 Å². The Morgan fingerprint density at radius 2 is 1.86 bits per heavy atom. The van der Waals surface area contributed by atoms with Crippen LogP contribution in [0.2, 0.25) is 0 Å². The molecule has 0 aromatic rings. The minimum absolute atomic E-state index is 0. The molecule has 5 heteroatoms. The predicted molar refractivity (Wildman–Crippen MR) is 106 cm³/mol. The second kappa shape index (κ2) is 7.69. The molecule has 1 saturated heterocycles. The number of nitrogens with zero attached hydrogens (tertiary/aromatic N) is 3. The van der Waals surface area contributed by atoms with E-state index in [1.807, 2.05) is 0 Å². The Bertz CT molecular complexity index is 388. The Hall–Kier alpha value is -0.0400. The van der Waals surface area contributed by atoms with Crippen molar-refractivity contribution < 1.29 is 0 Å². The van der Waals surface area contributed by atoms with Crippen LogP contribution in [0.25, 0.3) is 0 Å². The molecule has 0 atom stereocenters. The minimum Gasteiger partial charge on any atom is -0.356 e. The van der Waals surface area contributed by atoms with Crippen LogP contribution in [0.1, 0.15) is 54.4 Å². The molecule has 0 aromatic heterocycles. The lowest BCUT2D eigenvalue weighted by Crippen LogP contribution is -2.72. The molecule has 1 aliphatic heterocycles. The summed E-state index contributed by atoms with van der Waals surface area (Å²) in [6.07, 6.45) is 2.76. The van der Waals surface area contributed by atoms with Gasteiger partial charge in [0.2, 0.25) is 0 Å². The van der Waals surface area contributed by atoms with E-state index in [9.17, 15) is 0 Å². The summed E-state index contributed by atoms with van der Waals surface area (Å²) in [4.78, 5) is 9.89. The summed E-state index contributed by atoms with van der Waals surface area (Å²) in [5.74, 6) is 1.09. The zero-order valence-corrected chi connectivity index (χ0v) is 17.6. The Morgan fingerprint density at radius 1 is 1.23 bits per heavy atom. The average Bonchev–Trinajstić information content (AvgIpc) is 3.24. The number of halogens is 1. The zero-order chi connectivity index (χ0) is 15.7. The number of aliphatic imine (C=N–C) groups is 1. The number of hydrogen-bond donors (Lipinski definition) is 1. The van der Waals surface area contributed by atoms with Gasteiger partial charge in [0.1, 0.15) is 0 Å². The first-order valence-electron chi connectivity index (χ1n) is 8.63. The van der Waals surface area contributed by atoms with Crippen molar-refractivity contribution in [2.24, 2.45) is 10.4 Å². The maximum absolute atomic E-state index is 4.88. The van der Waals surface area contributed by atoms with E-state index in [1.54, 1.807) is 0 Å². The van der Waals surface area contributed by atoms with Gasteiger partial charge >= 0.3 is 0 Å². The number of likely N-dealkylation sites (N-methyl/N-ethyl adjacent to an activating group) is 1. The molecular formula is C17H35IN4. The second-order valence-corrected chi connectivity index (χ2v) is 7.62. The summed E-state index contributed by atoms with van der Waals surface area (Å²) in [5, 5.41) is 3.47. The fourth-order valence-corrected chi connectivity index (χ4v) is 3.12. The number of likely N-dealkylation sites (tertiary alicyclic amines) is 1. The van der Waals surface area contributed by atoms with E-state index in [0.29, 0.717) is 5.41 Å². The van der Waals surface area contributed by atoms with Gasteiger partial charge in [0.15, 0.2) is 5.96 Å². The number of guanidine groups is 1. The fourth-order valence-electron chi connectivity index (χ4n) is 3.12. The molecule has 2 rings (SSSR count). The van der Waals surface area contributed by atoms with Crippen molar-refractivity contribution in [1.29, 1.82) is 0 Å². The lowest BCUT2D eigenvalue weighted by molar-refractivity contribution is -0.0667. The van der Waals surface area contributed by atoms with E-state index in [1.165, 1.54) is 12.8 Å². The molecule has 2 aliphatic rings. The molecule has 1 saturated carbocycles. The third-order valence-corrected chi connectivity index (χ3v) is 5.59. The maximum Gasteiger partial charge on any atom is 0.194 e.